The lowest BCUT2D eigenvalue weighted by atomic mass is 9.81. The third-order valence-electron chi connectivity index (χ3n) is 3.94. The Labute approximate surface area is 131 Å². The zero-order valence-electron chi connectivity index (χ0n) is 13.6. The van der Waals surface area contributed by atoms with E-state index in [0.717, 1.165) is 11.1 Å². The van der Waals surface area contributed by atoms with Crippen LogP contribution in [0.1, 0.15) is 38.3 Å². The summed E-state index contributed by atoms with van der Waals surface area (Å²) in [5.41, 5.74) is 1.42. The van der Waals surface area contributed by atoms with Crippen molar-refractivity contribution < 1.29 is 19.1 Å². The van der Waals surface area contributed by atoms with Crippen LogP contribution in [0.4, 0.5) is 0 Å². The number of fused-ring (bicyclic) bond motifs is 1. The lowest BCUT2D eigenvalue weighted by Gasteiger charge is -2.25. The zero-order chi connectivity index (χ0) is 16.2. The average molecular weight is 304 g/mol. The normalized spacial score (nSPS) is 15.5. The number of carbonyl (C=O) groups excluding carboxylic acids is 2. The van der Waals surface area contributed by atoms with E-state index in [1.165, 1.54) is 0 Å². The first-order valence-electron chi connectivity index (χ1n) is 7.86. The fourth-order valence-corrected chi connectivity index (χ4v) is 2.91. The van der Waals surface area contributed by atoms with Crippen LogP contribution in [0.2, 0.25) is 0 Å². The first kappa shape index (κ1) is 16.5. The maximum atomic E-state index is 12.5. The van der Waals surface area contributed by atoms with Crippen molar-refractivity contribution in [3.05, 3.63) is 35.4 Å². The topological polar surface area (TPSA) is 52.6 Å². The minimum Gasteiger partial charge on any atom is -0.466 e. The lowest BCUT2D eigenvalue weighted by molar-refractivity contribution is -0.162. The second-order valence-electron chi connectivity index (χ2n) is 6.38. The Kier molecular flexibility index (Phi) is 5.22. The van der Waals surface area contributed by atoms with E-state index in [1.54, 1.807) is 6.92 Å². The molecule has 0 saturated heterocycles. The highest BCUT2D eigenvalue weighted by Gasteiger charge is 2.47. The van der Waals surface area contributed by atoms with Crippen LogP contribution in [0.15, 0.2) is 24.3 Å². The summed E-state index contributed by atoms with van der Waals surface area (Å²) in [6.07, 6.45) is 1.16. The van der Waals surface area contributed by atoms with Crippen LogP contribution in [0, 0.1) is 11.3 Å². The van der Waals surface area contributed by atoms with Crippen LogP contribution in [-0.2, 0) is 31.9 Å². The number of carbonyl (C=O) groups is 2. The lowest BCUT2D eigenvalue weighted by Crippen LogP contribution is -2.37. The van der Waals surface area contributed by atoms with Gasteiger partial charge in [-0.2, -0.15) is 0 Å². The highest BCUT2D eigenvalue weighted by Crippen LogP contribution is 2.41. The summed E-state index contributed by atoms with van der Waals surface area (Å²) in [4.78, 5) is 24.6. The van der Waals surface area contributed by atoms with Gasteiger partial charge >= 0.3 is 11.9 Å². The molecule has 0 aliphatic heterocycles. The highest BCUT2D eigenvalue weighted by molar-refractivity contribution is 5.85. The molecule has 0 N–H and O–H groups in total. The quantitative estimate of drug-likeness (QED) is 0.758. The molecule has 4 nitrogen and oxygen atoms in total. The number of esters is 2. The fraction of sp³-hybridized carbons (Fsp3) is 0.556. The average Bonchev–Trinajstić information content (AvgIpc) is 2.84. The SMILES string of the molecule is CCOC(=O)C1(CC(=O)OCC(C)C)Cc2ccccc2C1. The van der Waals surface area contributed by atoms with Crippen LogP contribution in [0.3, 0.4) is 0 Å². The summed E-state index contributed by atoms with van der Waals surface area (Å²) < 4.78 is 10.5. The second kappa shape index (κ2) is 6.95. The molecule has 0 radical (unpaired) electrons. The van der Waals surface area contributed by atoms with Gasteiger partial charge in [0.15, 0.2) is 0 Å². The Morgan fingerprint density at radius 1 is 1.14 bits per heavy atom. The molecule has 1 aliphatic carbocycles. The predicted octanol–water partition coefficient (Wildman–Crippen LogP) is 2.92. The molecular weight excluding hydrogens is 280 g/mol. The first-order chi connectivity index (χ1) is 10.5. The standard InChI is InChI=1S/C18H24O4/c1-4-21-17(20)18(11-16(19)22-12-13(2)3)9-14-7-5-6-8-15(14)10-18/h5-8,13H,4,9-12H2,1-3H3. The Hall–Kier alpha value is -1.84. The number of hydrogen-bond donors (Lipinski definition) is 0. The minimum atomic E-state index is -0.812. The van der Waals surface area contributed by atoms with Crippen LogP contribution >= 0.6 is 0 Å². The van der Waals surface area contributed by atoms with Gasteiger partial charge in [0.25, 0.3) is 0 Å². The minimum absolute atomic E-state index is 0.0766. The third-order valence-corrected chi connectivity index (χ3v) is 3.94. The summed E-state index contributed by atoms with van der Waals surface area (Å²) in [6, 6.07) is 7.93. The van der Waals surface area contributed by atoms with Crippen molar-refractivity contribution in [1.29, 1.82) is 0 Å². The van der Waals surface area contributed by atoms with E-state index in [2.05, 4.69) is 0 Å². The van der Waals surface area contributed by atoms with E-state index in [0.29, 0.717) is 26.1 Å². The second-order valence-corrected chi connectivity index (χ2v) is 6.38. The number of benzene rings is 1. The van der Waals surface area contributed by atoms with Crippen molar-refractivity contribution >= 4 is 11.9 Å². The molecule has 0 saturated carbocycles. The van der Waals surface area contributed by atoms with E-state index < -0.39 is 5.41 Å². The molecule has 0 aromatic heterocycles. The highest BCUT2D eigenvalue weighted by atomic mass is 16.5. The molecule has 0 atom stereocenters. The van der Waals surface area contributed by atoms with E-state index in [1.807, 2.05) is 38.1 Å². The van der Waals surface area contributed by atoms with E-state index in [4.69, 9.17) is 9.47 Å². The summed E-state index contributed by atoms with van der Waals surface area (Å²) in [6.45, 7) is 6.45. The molecule has 2 rings (SSSR count). The molecular formula is C18H24O4. The molecule has 4 heteroatoms. The van der Waals surface area contributed by atoms with E-state index >= 15 is 0 Å². The molecule has 0 unspecified atom stereocenters. The Bertz CT molecular complexity index is 523. The number of rotatable bonds is 6. The van der Waals surface area contributed by atoms with Crippen LogP contribution in [0.5, 0.6) is 0 Å². The van der Waals surface area contributed by atoms with Crippen molar-refractivity contribution in [2.75, 3.05) is 13.2 Å². The summed E-state index contributed by atoms with van der Waals surface area (Å²) in [5.74, 6) is -0.342. The Balaban J connectivity index is 2.15. The Morgan fingerprint density at radius 2 is 1.73 bits per heavy atom. The molecule has 0 bridgehead atoms. The molecule has 0 heterocycles. The first-order valence-corrected chi connectivity index (χ1v) is 7.86. The monoisotopic (exact) mass is 304 g/mol. The van der Waals surface area contributed by atoms with Gasteiger partial charge in [-0.15, -0.1) is 0 Å². The molecule has 22 heavy (non-hydrogen) atoms. The maximum Gasteiger partial charge on any atom is 0.313 e. The molecule has 1 aliphatic rings. The van der Waals surface area contributed by atoms with Gasteiger partial charge in [0.1, 0.15) is 0 Å². The van der Waals surface area contributed by atoms with Crippen molar-refractivity contribution in [3.63, 3.8) is 0 Å². The van der Waals surface area contributed by atoms with Gasteiger partial charge in [0, 0.05) is 0 Å². The van der Waals surface area contributed by atoms with Crippen molar-refractivity contribution in [2.45, 2.75) is 40.0 Å². The van der Waals surface area contributed by atoms with E-state index in [9.17, 15) is 9.59 Å². The van der Waals surface area contributed by atoms with Crippen LogP contribution < -0.4 is 0 Å². The molecule has 1 aromatic rings. The Morgan fingerprint density at radius 3 is 2.23 bits per heavy atom. The van der Waals surface area contributed by atoms with Crippen LogP contribution in [-0.4, -0.2) is 25.2 Å². The molecule has 0 spiro atoms. The molecule has 0 amide bonds. The molecule has 120 valence electrons. The van der Waals surface area contributed by atoms with Gasteiger partial charge in [-0.05, 0) is 36.8 Å². The van der Waals surface area contributed by atoms with Crippen molar-refractivity contribution in [3.8, 4) is 0 Å². The number of ether oxygens (including phenoxy) is 2. The zero-order valence-corrected chi connectivity index (χ0v) is 13.6. The summed E-state index contributed by atoms with van der Waals surface area (Å²) in [5, 5.41) is 0. The maximum absolute atomic E-state index is 12.5. The fourth-order valence-electron chi connectivity index (χ4n) is 2.91. The van der Waals surface area contributed by atoms with Crippen molar-refractivity contribution in [1.82, 2.24) is 0 Å². The van der Waals surface area contributed by atoms with Gasteiger partial charge in [-0.1, -0.05) is 38.1 Å². The predicted molar refractivity (Wildman–Crippen MR) is 83.3 cm³/mol. The summed E-state index contributed by atoms with van der Waals surface area (Å²) >= 11 is 0. The van der Waals surface area contributed by atoms with Gasteiger partial charge in [-0.3, -0.25) is 9.59 Å². The van der Waals surface area contributed by atoms with Crippen molar-refractivity contribution in [2.24, 2.45) is 11.3 Å². The van der Waals surface area contributed by atoms with E-state index in [-0.39, 0.29) is 24.3 Å². The molecule has 1 aromatic carbocycles. The van der Waals surface area contributed by atoms with Gasteiger partial charge in [-0.25, -0.2) is 0 Å². The van der Waals surface area contributed by atoms with Gasteiger partial charge < -0.3 is 9.47 Å². The third kappa shape index (κ3) is 3.67. The van der Waals surface area contributed by atoms with Gasteiger partial charge in [0.2, 0.25) is 0 Å². The number of hydrogen-bond acceptors (Lipinski definition) is 4. The smallest absolute Gasteiger partial charge is 0.313 e. The van der Waals surface area contributed by atoms with Gasteiger partial charge in [0.05, 0.1) is 25.0 Å². The molecule has 0 fully saturated rings. The largest absolute Gasteiger partial charge is 0.466 e. The van der Waals surface area contributed by atoms with Crippen LogP contribution in [0.25, 0.3) is 0 Å². The summed E-state index contributed by atoms with van der Waals surface area (Å²) in [7, 11) is 0.